The van der Waals surface area contributed by atoms with Crippen molar-refractivity contribution in [3.05, 3.63) is 52.8 Å². The summed E-state index contributed by atoms with van der Waals surface area (Å²) in [4.78, 5) is 30.0. The highest BCUT2D eigenvalue weighted by Crippen LogP contribution is 2.20. The molecule has 138 valence electrons. The molecule has 1 aromatic heterocycles. The first kappa shape index (κ1) is 19.9. The van der Waals surface area contributed by atoms with Gasteiger partial charge in [-0.3, -0.25) is 9.78 Å². The Morgan fingerprint density at radius 2 is 1.92 bits per heavy atom. The van der Waals surface area contributed by atoms with Crippen LogP contribution in [0.15, 0.2) is 47.2 Å². The smallest absolute Gasteiger partial charge is 0.340 e. The Hall–Kier alpha value is -2.41. The lowest BCUT2D eigenvalue weighted by Crippen LogP contribution is -2.30. The second-order valence-corrected chi connectivity index (χ2v) is 6.86. The average molecular weight is 420 g/mol. The molecule has 1 amide bonds. The van der Waals surface area contributed by atoms with Gasteiger partial charge in [-0.25, -0.2) is 4.79 Å². The lowest BCUT2D eigenvalue weighted by molar-refractivity contribution is -0.119. The van der Waals surface area contributed by atoms with Crippen LogP contribution < -0.4 is 10.2 Å². The van der Waals surface area contributed by atoms with Crippen LogP contribution in [0.5, 0.6) is 0 Å². The van der Waals surface area contributed by atoms with Crippen molar-refractivity contribution in [2.24, 2.45) is 0 Å². The van der Waals surface area contributed by atoms with Gasteiger partial charge < -0.3 is 15.0 Å². The number of nitrogens with zero attached hydrogens (tertiary/aromatic N) is 2. The normalized spacial score (nSPS) is 10.5. The second-order valence-electron chi connectivity index (χ2n) is 5.94. The van der Waals surface area contributed by atoms with Gasteiger partial charge in [0.25, 0.3) is 5.91 Å². The maximum atomic E-state index is 12.0. The van der Waals surface area contributed by atoms with Crippen LogP contribution in [-0.2, 0) is 9.53 Å². The van der Waals surface area contributed by atoms with Crippen LogP contribution in [0.2, 0.25) is 0 Å². The van der Waals surface area contributed by atoms with Gasteiger partial charge in [0.15, 0.2) is 6.61 Å². The van der Waals surface area contributed by atoms with Crippen LogP contribution in [0.3, 0.4) is 0 Å². The van der Waals surface area contributed by atoms with Crippen LogP contribution in [0.1, 0.15) is 31.1 Å². The number of pyridine rings is 1. The molecular weight excluding hydrogens is 398 g/mol. The third-order valence-corrected chi connectivity index (χ3v) is 4.16. The van der Waals surface area contributed by atoms with Crippen LogP contribution in [0.4, 0.5) is 11.4 Å². The Morgan fingerprint density at radius 3 is 2.50 bits per heavy atom. The summed E-state index contributed by atoms with van der Waals surface area (Å²) in [5.41, 5.74) is 2.03. The predicted molar refractivity (Wildman–Crippen MR) is 105 cm³/mol. The highest BCUT2D eigenvalue weighted by molar-refractivity contribution is 9.10. The van der Waals surface area contributed by atoms with Gasteiger partial charge in [0.2, 0.25) is 0 Å². The average Bonchev–Trinajstić information content (AvgIpc) is 2.61. The van der Waals surface area contributed by atoms with Crippen molar-refractivity contribution in [3.63, 3.8) is 0 Å². The van der Waals surface area contributed by atoms with E-state index in [1.54, 1.807) is 12.3 Å². The van der Waals surface area contributed by atoms with Crippen LogP contribution in [0.25, 0.3) is 0 Å². The monoisotopic (exact) mass is 419 g/mol. The fraction of sp³-hybridized carbons (Fsp3) is 0.316. The van der Waals surface area contributed by atoms with Gasteiger partial charge in [-0.05, 0) is 67.0 Å². The molecule has 6 nitrogen and oxygen atoms in total. The Kier molecular flexibility index (Phi) is 7.15. The number of carbonyl (C=O) groups excluding carboxylic acids is 2. The van der Waals surface area contributed by atoms with E-state index in [1.807, 2.05) is 24.3 Å². The zero-order valence-corrected chi connectivity index (χ0v) is 16.6. The van der Waals surface area contributed by atoms with Gasteiger partial charge in [-0.1, -0.05) is 0 Å². The van der Waals surface area contributed by atoms with Crippen molar-refractivity contribution in [1.29, 1.82) is 0 Å². The minimum absolute atomic E-state index is 0.282. The van der Waals surface area contributed by atoms with Gasteiger partial charge in [-0.2, -0.15) is 0 Å². The molecule has 0 spiro atoms. The summed E-state index contributed by atoms with van der Waals surface area (Å²) in [6.45, 7) is 6.91. The highest BCUT2D eigenvalue weighted by atomic mass is 79.9. The largest absolute Gasteiger partial charge is 0.452 e. The Morgan fingerprint density at radius 1 is 1.23 bits per heavy atom. The van der Waals surface area contributed by atoms with Crippen molar-refractivity contribution in [2.45, 2.75) is 26.8 Å². The number of halogens is 1. The molecule has 7 heteroatoms. The van der Waals surface area contributed by atoms with Crippen molar-refractivity contribution in [1.82, 2.24) is 4.98 Å². The topological polar surface area (TPSA) is 71.5 Å². The minimum Gasteiger partial charge on any atom is -0.452 e. The first-order valence-electron chi connectivity index (χ1n) is 8.35. The van der Waals surface area contributed by atoms with E-state index in [2.05, 4.69) is 51.9 Å². The first-order valence-corrected chi connectivity index (χ1v) is 9.14. The molecule has 0 atom stereocenters. The molecule has 0 saturated heterocycles. The van der Waals surface area contributed by atoms with E-state index in [-0.39, 0.29) is 12.2 Å². The Bertz CT molecular complexity index is 763. The van der Waals surface area contributed by atoms with Gasteiger partial charge in [0, 0.05) is 40.8 Å². The van der Waals surface area contributed by atoms with Crippen molar-refractivity contribution < 1.29 is 14.3 Å². The number of rotatable bonds is 7. The molecule has 0 bridgehead atoms. The number of aromatic nitrogens is 1. The molecule has 0 radical (unpaired) electrons. The molecule has 0 fully saturated rings. The number of benzene rings is 1. The molecule has 1 heterocycles. The first-order chi connectivity index (χ1) is 12.4. The molecule has 2 rings (SSSR count). The summed E-state index contributed by atoms with van der Waals surface area (Å²) in [5.74, 6) is -0.995. The fourth-order valence-corrected chi connectivity index (χ4v) is 2.88. The van der Waals surface area contributed by atoms with Gasteiger partial charge in [0.05, 0.1) is 5.56 Å². The number of amides is 1. The molecule has 1 aromatic carbocycles. The van der Waals surface area contributed by atoms with Crippen LogP contribution in [-0.4, -0.2) is 36.1 Å². The van der Waals surface area contributed by atoms with Gasteiger partial charge >= 0.3 is 5.97 Å². The number of ether oxygens (including phenoxy) is 1. The van der Waals surface area contributed by atoms with Crippen LogP contribution in [0, 0.1) is 0 Å². The lowest BCUT2D eigenvalue weighted by atomic mass is 10.2. The SMILES string of the molecule is CCN(c1ccc(NC(=O)COC(=O)c2cncc(Br)c2)cc1)C(C)C. The number of hydrogen-bond acceptors (Lipinski definition) is 5. The summed E-state index contributed by atoms with van der Waals surface area (Å²) in [7, 11) is 0. The molecule has 0 saturated carbocycles. The molecular formula is C19H22BrN3O3. The fourth-order valence-electron chi connectivity index (χ4n) is 2.52. The molecule has 0 aliphatic carbocycles. The van der Waals surface area contributed by atoms with E-state index >= 15 is 0 Å². The molecule has 2 aromatic rings. The standard InChI is InChI=1S/C19H22BrN3O3/c1-4-23(13(2)3)17-7-5-16(6-8-17)22-18(24)12-26-19(25)14-9-15(20)11-21-10-14/h5-11,13H,4,12H2,1-3H3,(H,22,24). The molecule has 0 aliphatic rings. The van der Waals surface area contributed by atoms with Gasteiger partial charge in [0.1, 0.15) is 0 Å². The molecule has 0 unspecified atom stereocenters. The van der Waals surface area contributed by atoms with E-state index < -0.39 is 11.9 Å². The summed E-state index contributed by atoms with van der Waals surface area (Å²) in [6, 6.07) is 9.56. The minimum atomic E-state index is -0.597. The number of carbonyl (C=O) groups is 2. The maximum Gasteiger partial charge on any atom is 0.340 e. The molecule has 0 aliphatic heterocycles. The predicted octanol–water partition coefficient (Wildman–Crippen LogP) is 3.87. The Balaban J connectivity index is 1.88. The Labute approximate surface area is 161 Å². The zero-order valence-electron chi connectivity index (χ0n) is 15.0. The van der Waals surface area contributed by atoms with E-state index in [0.717, 1.165) is 12.2 Å². The maximum absolute atomic E-state index is 12.0. The highest BCUT2D eigenvalue weighted by Gasteiger charge is 2.12. The quantitative estimate of drug-likeness (QED) is 0.689. The zero-order chi connectivity index (χ0) is 19.1. The summed E-state index contributed by atoms with van der Waals surface area (Å²) in [6.07, 6.45) is 2.95. The summed E-state index contributed by atoms with van der Waals surface area (Å²) < 4.78 is 5.67. The lowest BCUT2D eigenvalue weighted by Gasteiger charge is -2.27. The third-order valence-electron chi connectivity index (χ3n) is 3.72. The third kappa shape index (κ3) is 5.56. The molecule has 26 heavy (non-hydrogen) atoms. The summed E-state index contributed by atoms with van der Waals surface area (Å²) in [5, 5.41) is 2.71. The molecule has 1 N–H and O–H groups in total. The van der Waals surface area contributed by atoms with E-state index in [0.29, 0.717) is 16.2 Å². The van der Waals surface area contributed by atoms with Crippen molar-refractivity contribution in [2.75, 3.05) is 23.4 Å². The van der Waals surface area contributed by atoms with Gasteiger partial charge in [-0.15, -0.1) is 0 Å². The van der Waals surface area contributed by atoms with Crippen LogP contribution >= 0.6 is 15.9 Å². The summed E-state index contributed by atoms with van der Waals surface area (Å²) >= 11 is 3.23. The van der Waals surface area contributed by atoms with E-state index in [9.17, 15) is 9.59 Å². The van der Waals surface area contributed by atoms with E-state index in [4.69, 9.17) is 4.74 Å². The van der Waals surface area contributed by atoms with Crippen molar-refractivity contribution >= 4 is 39.2 Å². The number of esters is 1. The van der Waals surface area contributed by atoms with Crippen molar-refractivity contribution in [3.8, 4) is 0 Å². The van der Waals surface area contributed by atoms with E-state index in [1.165, 1.54) is 6.20 Å². The number of nitrogens with one attached hydrogen (secondary N) is 1. The second kappa shape index (κ2) is 9.33. The number of hydrogen-bond donors (Lipinski definition) is 1. The number of anilines is 2.